The first-order chi connectivity index (χ1) is 19.9. The Hall–Kier alpha value is -4.60. The molecule has 41 heavy (non-hydrogen) atoms. The van der Waals surface area contributed by atoms with Crippen molar-refractivity contribution in [3.8, 4) is 22.4 Å². The number of benzene rings is 6. The van der Waals surface area contributed by atoms with Gasteiger partial charge in [-0.25, -0.2) is 4.98 Å². The zero-order chi connectivity index (χ0) is 27.7. The monoisotopic (exact) mass is 544 g/mol. The minimum atomic E-state index is 0.118. The quantitative estimate of drug-likeness (QED) is 0.202. The van der Waals surface area contributed by atoms with Gasteiger partial charge < -0.3 is 0 Å². The van der Waals surface area contributed by atoms with Crippen LogP contribution < -0.4 is 0 Å². The van der Waals surface area contributed by atoms with Crippen molar-refractivity contribution in [2.45, 2.75) is 26.2 Å². The highest BCUT2D eigenvalue weighted by molar-refractivity contribution is 7.25. The lowest BCUT2D eigenvalue weighted by atomic mass is 9.86. The molecule has 0 aliphatic rings. The van der Waals surface area contributed by atoms with Gasteiger partial charge in [-0.1, -0.05) is 99.6 Å². The number of nitrogens with zero attached hydrogens (tertiary/aromatic N) is 2. The van der Waals surface area contributed by atoms with Crippen molar-refractivity contribution in [1.82, 2.24) is 9.97 Å². The Kier molecular flexibility index (Phi) is 5.29. The molecule has 8 aromatic rings. The zero-order valence-corrected chi connectivity index (χ0v) is 24.1. The molecule has 0 amide bonds. The average molecular weight is 545 g/mol. The number of fused-ring (bicyclic) bond motifs is 9. The Bertz CT molecular complexity index is 2270. The molecule has 0 unspecified atom stereocenters. The zero-order valence-electron chi connectivity index (χ0n) is 23.3. The smallest absolute Gasteiger partial charge is 0.0979 e. The minimum absolute atomic E-state index is 0.118. The van der Waals surface area contributed by atoms with E-state index in [2.05, 4.69) is 130 Å². The first-order valence-corrected chi connectivity index (χ1v) is 14.9. The normalized spacial score (nSPS) is 12.3. The fourth-order valence-electron chi connectivity index (χ4n) is 6.04. The molecule has 0 aliphatic carbocycles. The van der Waals surface area contributed by atoms with Gasteiger partial charge in [0.25, 0.3) is 0 Å². The van der Waals surface area contributed by atoms with Gasteiger partial charge in [0.15, 0.2) is 0 Å². The molecule has 0 fully saturated rings. The van der Waals surface area contributed by atoms with Crippen molar-refractivity contribution >= 4 is 64.1 Å². The van der Waals surface area contributed by atoms with Crippen molar-refractivity contribution in [3.05, 3.63) is 121 Å². The van der Waals surface area contributed by atoms with Crippen LogP contribution in [0.4, 0.5) is 0 Å². The molecule has 2 heterocycles. The van der Waals surface area contributed by atoms with Crippen LogP contribution in [-0.4, -0.2) is 9.97 Å². The highest BCUT2D eigenvalue weighted by Gasteiger charge is 2.16. The molecular weight excluding hydrogens is 516 g/mol. The lowest BCUT2D eigenvalue weighted by Crippen LogP contribution is -2.10. The van der Waals surface area contributed by atoms with Crippen LogP contribution in [0.3, 0.4) is 0 Å². The van der Waals surface area contributed by atoms with Crippen molar-refractivity contribution < 1.29 is 0 Å². The fourth-order valence-corrected chi connectivity index (χ4v) is 7.11. The van der Waals surface area contributed by atoms with Crippen LogP contribution >= 0.6 is 11.3 Å². The van der Waals surface area contributed by atoms with Gasteiger partial charge in [0.1, 0.15) is 0 Å². The molecule has 0 N–H and O–H groups in total. The van der Waals surface area contributed by atoms with Gasteiger partial charge in [-0.2, -0.15) is 0 Å². The second-order valence-electron chi connectivity index (χ2n) is 11.9. The Balaban J connectivity index is 1.27. The summed E-state index contributed by atoms with van der Waals surface area (Å²) in [5.41, 5.74) is 7.73. The predicted molar refractivity (Wildman–Crippen MR) is 177 cm³/mol. The predicted octanol–water partition coefficient (Wildman–Crippen LogP) is 10.9. The van der Waals surface area contributed by atoms with Crippen molar-refractivity contribution in [3.63, 3.8) is 0 Å². The van der Waals surface area contributed by atoms with E-state index in [-0.39, 0.29) is 5.41 Å². The van der Waals surface area contributed by atoms with Gasteiger partial charge in [0.05, 0.1) is 22.9 Å². The van der Waals surface area contributed by atoms with Crippen molar-refractivity contribution in [1.29, 1.82) is 0 Å². The van der Waals surface area contributed by atoms with Crippen molar-refractivity contribution in [2.75, 3.05) is 0 Å². The van der Waals surface area contributed by atoms with Gasteiger partial charge in [-0.3, -0.25) is 4.98 Å². The molecule has 8 rings (SSSR count). The third-order valence-corrected chi connectivity index (χ3v) is 9.41. The summed E-state index contributed by atoms with van der Waals surface area (Å²) >= 11 is 1.87. The summed E-state index contributed by atoms with van der Waals surface area (Å²) in [6.07, 6.45) is 1.92. The topological polar surface area (TPSA) is 25.8 Å². The third kappa shape index (κ3) is 3.92. The summed E-state index contributed by atoms with van der Waals surface area (Å²) in [6.45, 7) is 6.84. The molecule has 0 spiro atoms. The molecular formula is C38H28N2S. The summed E-state index contributed by atoms with van der Waals surface area (Å²) < 4.78 is 2.66. The molecule has 0 bridgehead atoms. The highest BCUT2D eigenvalue weighted by Crippen LogP contribution is 2.39. The maximum atomic E-state index is 5.21. The fraction of sp³-hybridized carbons (Fsp3) is 0.105. The van der Waals surface area contributed by atoms with E-state index in [1.807, 2.05) is 17.5 Å². The van der Waals surface area contributed by atoms with E-state index in [1.165, 1.54) is 47.6 Å². The molecule has 0 radical (unpaired) electrons. The molecule has 196 valence electrons. The molecule has 2 nitrogen and oxygen atoms in total. The summed E-state index contributed by atoms with van der Waals surface area (Å²) in [7, 11) is 0. The van der Waals surface area contributed by atoms with E-state index in [0.29, 0.717) is 0 Å². The second-order valence-corrected chi connectivity index (χ2v) is 13.0. The van der Waals surface area contributed by atoms with Crippen LogP contribution in [0, 0.1) is 0 Å². The van der Waals surface area contributed by atoms with Gasteiger partial charge >= 0.3 is 0 Å². The lowest BCUT2D eigenvalue weighted by molar-refractivity contribution is 0.591. The van der Waals surface area contributed by atoms with Gasteiger partial charge in [-0.05, 0) is 63.2 Å². The second kappa shape index (κ2) is 8.95. The minimum Gasteiger partial charge on any atom is -0.252 e. The van der Waals surface area contributed by atoms with E-state index in [9.17, 15) is 0 Å². The standard InChI is InChI=1S/C38H28N2S/c1-38(2,3)26-16-18-35-32(21-26)31-20-24(15-17-34(31)41-35)23-9-8-10-25(19-23)33-22-39-36-29-13-6-4-11-27(29)28-12-5-7-14-30(28)37(36)40-33/h4-22H,1-3H3. The third-order valence-electron chi connectivity index (χ3n) is 8.25. The molecule has 0 saturated carbocycles. The summed E-state index contributed by atoms with van der Waals surface area (Å²) in [6, 6.07) is 39.5. The van der Waals surface area contributed by atoms with E-state index in [0.717, 1.165) is 33.1 Å². The van der Waals surface area contributed by atoms with E-state index < -0.39 is 0 Å². The SMILES string of the molecule is CC(C)(C)c1ccc2sc3ccc(-c4cccc(-c5cnc6c7ccccc7c7ccccc7c6n5)c4)cc3c2c1. The van der Waals surface area contributed by atoms with Crippen LogP contribution in [0.1, 0.15) is 26.3 Å². The number of rotatable bonds is 2. The molecule has 0 saturated heterocycles. The Labute approximate surface area is 242 Å². The summed E-state index contributed by atoms with van der Waals surface area (Å²) in [5, 5.41) is 7.36. The number of hydrogen-bond donors (Lipinski definition) is 0. The molecule has 2 aromatic heterocycles. The van der Waals surface area contributed by atoms with E-state index in [4.69, 9.17) is 9.97 Å². The summed E-state index contributed by atoms with van der Waals surface area (Å²) in [4.78, 5) is 10.2. The van der Waals surface area contributed by atoms with Crippen molar-refractivity contribution in [2.24, 2.45) is 0 Å². The van der Waals surface area contributed by atoms with E-state index in [1.54, 1.807) is 0 Å². The van der Waals surface area contributed by atoms with Crippen LogP contribution in [0.15, 0.2) is 115 Å². The Morgan fingerprint density at radius 2 is 1.12 bits per heavy atom. The first-order valence-electron chi connectivity index (χ1n) is 14.1. The molecule has 0 aliphatic heterocycles. The maximum absolute atomic E-state index is 5.21. The lowest BCUT2D eigenvalue weighted by Gasteiger charge is -2.18. The largest absolute Gasteiger partial charge is 0.252 e. The molecule has 3 heteroatoms. The molecule has 0 atom stereocenters. The first kappa shape index (κ1) is 24.2. The summed E-state index contributed by atoms with van der Waals surface area (Å²) in [5.74, 6) is 0. The van der Waals surface area contributed by atoms with Crippen LogP contribution in [-0.2, 0) is 5.41 Å². The van der Waals surface area contributed by atoms with Gasteiger partial charge in [0, 0.05) is 36.5 Å². The highest BCUT2D eigenvalue weighted by atomic mass is 32.1. The Morgan fingerprint density at radius 1 is 0.512 bits per heavy atom. The number of hydrogen-bond acceptors (Lipinski definition) is 3. The van der Waals surface area contributed by atoms with Crippen LogP contribution in [0.5, 0.6) is 0 Å². The maximum Gasteiger partial charge on any atom is 0.0979 e. The van der Waals surface area contributed by atoms with Crippen LogP contribution in [0.2, 0.25) is 0 Å². The van der Waals surface area contributed by atoms with Gasteiger partial charge in [0.2, 0.25) is 0 Å². The number of thiophene rings is 1. The van der Waals surface area contributed by atoms with E-state index >= 15 is 0 Å². The average Bonchev–Trinajstić information content (AvgIpc) is 3.38. The Morgan fingerprint density at radius 3 is 1.85 bits per heavy atom. The number of aromatic nitrogens is 2. The molecule has 6 aromatic carbocycles. The van der Waals surface area contributed by atoms with Gasteiger partial charge in [-0.15, -0.1) is 11.3 Å². The van der Waals surface area contributed by atoms with Crippen LogP contribution in [0.25, 0.3) is 75.1 Å².